The molecule has 0 aromatic heterocycles. The van der Waals surface area contributed by atoms with Crippen LogP contribution in [0.3, 0.4) is 0 Å². The van der Waals surface area contributed by atoms with Crippen molar-refractivity contribution >= 4 is 17.5 Å². The molecule has 5 nitrogen and oxygen atoms in total. The number of carbonyl (C=O) groups is 2. The lowest BCUT2D eigenvalue weighted by atomic mass is 10.1. The number of nitrogens with one attached hydrogen (secondary N) is 1. The number of nitrogens with zero attached hydrogens (tertiary/aromatic N) is 2. The molecule has 0 spiro atoms. The lowest BCUT2D eigenvalue weighted by Crippen LogP contribution is -2.52. The van der Waals surface area contributed by atoms with E-state index in [2.05, 4.69) is 36.2 Å². The predicted octanol–water partition coefficient (Wildman–Crippen LogP) is 2.41. The highest BCUT2D eigenvalue weighted by Crippen LogP contribution is 2.23. The summed E-state index contributed by atoms with van der Waals surface area (Å²) < 4.78 is 13.6. The van der Waals surface area contributed by atoms with E-state index in [4.69, 9.17) is 0 Å². The number of halogens is 1. The molecule has 6 heteroatoms. The molecule has 0 radical (unpaired) electrons. The molecule has 1 fully saturated rings. The van der Waals surface area contributed by atoms with E-state index in [0.29, 0.717) is 31.7 Å². The molecule has 0 unspecified atom stereocenters. The Kier molecular flexibility index (Phi) is 5.74. The van der Waals surface area contributed by atoms with Gasteiger partial charge in [-0.1, -0.05) is 30.3 Å². The van der Waals surface area contributed by atoms with Crippen LogP contribution >= 0.6 is 0 Å². The van der Waals surface area contributed by atoms with Gasteiger partial charge >= 0.3 is 11.8 Å². The van der Waals surface area contributed by atoms with Crippen LogP contribution in [-0.4, -0.2) is 42.9 Å². The van der Waals surface area contributed by atoms with E-state index in [1.165, 1.54) is 22.9 Å². The van der Waals surface area contributed by atoms with Crippen molar-refractivity contribution in [1.82, 2.24) is 10.2 Å². The number of piperazine rings is 1. The highest BCUT2D eigenvalue weighted by Gasteiger charge is 2.26. The molecule has 1 N–H and O–H groups in total. The molecule has 142 valence electrons. The number of hydrogen-bond donors (Lipinski definition) is 1. The molecular formula is C21H24FN3O2. The maximum absolute atomic E-state index is 13.6. The smallest absolute Gasteiger partial charge is 0.312 e. The standard InChI is InChI=1S/C21H24FN3O2/c1-15-6-5-9-19(16(15)2)24-10-12-25(13-11-24)21(27)20(26)23-14-17-7-3-4-8-18(17)22/h3-9H,10-14H2,1-2H3,(H,23,26). The third-order valence-electron chi connectivity index (χ3n) is 5.08. The second-order valence-electron chi connectivity index (χ2n) is 6.77. The Hall–Kier alpha value is -2.89. The second kappa shape index (κ2) is 8.20. The first-order valence-electron chi connectivity index (χ1n) is 9.09. The normalized spacial score (nSPS) is 14.2. The van der Waals surface area contributed by atoms with Crippen LogP contribution in [0, 0.1) is 19.7 Å². The van der Waals surface area contributed by atoms with Crippen LogP contribution in [0.5, 0.6) is 0 Å². The van der Waals surface area contributed by atoms with Crippen molar-refractivity contribution in [3.05, 3.63) is 65.0 Å². The summed E-state index contributed by atoms with van der Waals surface area (Å²) in [6, 6.07) is 12.4. The summed E-state index contributed by atoms with van der Waals surface area (Å²) in [5.74, 6) is -1.65. The van der Waals surface area contributed by atoms with Crippen LogP contribution in [0.25, 0.3) is 0 Å². The highest BCUT2D eigenvalue weighted by molar-refractivity contribution is 6.35. The molecular weight excluding hydrogens is 345 g/mol. The minimum absolute atomic E-state index is 0.000299. The summed E-state index contributed by atoms with van der Waals surface area (Å²) in [4.78, 5) is 28.3. The minimum Gasteiger partial charge on any atom is -0.368 e. The zero-order valence-electron chi connectivity index (χ0n) is 15.7. The van der Waals surface area contributed by atoms with Gasteiger partial charge in [0.1, 0.15) is 5.82 Å². The summed E-state index contributed by atoms with van der Waals surface area (Å²) in [5.41, 5.74) is 4.00. The molecule has 3 rings (SSSR count). The molecule has 1 aliphatic rings. The molecule has 1 heterocycles. The van der Waals surface area contributed by atoms with E-state index < -0.39 is 17.6 Å². The number of benzene rings is 2. The SMILES string of the molecule is Cc1cccc(N2CCN(C(=O)C(=O)NCc3ccccc3F)CC2)c1C. The Labute approximate surface area is 158 Å². The van der Waals surface area contributed by atoms with E-state index in [9.17, 15) is 14.0 Å². The van der Waals surface area contributed by atoms with Crippen LogP contribution in [0.4, 0.5) is 10.1 Å². The summed E-state index contributed by atoms with van der Waals surface area (Å²) >= 11 is 0. The number of aryl methyl sites for hydroxylation is 1. The zero-order valence-corrected chi connectivity index (χ0v) is 15.7. The van der Waals surface area contributed by atoms with Gasteiger partial charge in [-0.15, -0.1) is 0 Å². The summed E-state index contributed by atoms with van der Waals surface area (Å²) in [6.07, 6.45) is 0. The zero-order chi connectivity index (χ0) is 19.4. The number of carbonyl (C=O) groups excluding carboxylic acids is 2. The molecule has 2 aromatic rings. The fourth-order valence-corrected chi connectivity index (χ4v) is 3.27. The lowest BCUT2D eigenvalue weighted by Gasteiger charge is -2.36. The average molecular weight is 369 g/mol. The van der Waals surface area contributed by atoms with Gasteiger partial charge in [-0.05, 0) is 37.1 Å². The fourth-order valence-electron chi connectivity index (χ4n) is 3.27. The highest BCUT2D eigenvalue weighted by atomic mass is 19.1. The average Bonchev–Trinajstić information content (AvgIpc) is 2.69. The van der Waals surface area contributed by atoms with E-state index in [-0.39, 0.29) is 6.54 Å². The number of rotatable bonds is 3. The van der Waals surface area contributed by atoms with Gasteiger partial charge in [0.05, 0.1) is 0 Å². The van der Waals surface area contributed by atoms with Gasteiger partial charge in [-0.25, -0.2) is 4.39 Å². The summed E-state index contributed by atoms with van der Waals surface area (Å²) in [7, 11) is 0. The van der Waals surface area contributed by atoms with Crippen molar-refractivity contribution in [2.45, 2.75) is 20.4 Å². The molecule has 1 saturated heterocycles. The van der Waals surface area contributed by atoms with Crippen molar-refractivity contribution in [1.29, 1.82) is 0 Å². The molecule has 27 heavy (non-hydrogen) atoms. The third kappa shape index (κ3) is 4.27. The van der Waals surface area contributed by atoms with Crippen LogP contribution in [0.15, 0.2) is 42.5 Å². The minimum atomic E-state index is -0.696. The third-order valence-corrected chi connectivity index (χ3v) is 5.08. The maximum Gasteiger partial charge on any atom is 0.312 e. The van der Waals surface area contributed by atoms with Crippen molar-refractivity contribution in [2.24, 2.45) is 0 Å². The molecule has 0 saturated carbocycles. The molecule has 2 amide bonds. The summed E-state index contributed by atoms with van der Waals surface area (Å²) in [6.45, 7) is 6.50. The Morgan fingerprint density at radius 3 is 2.41 bits per heavy atom. The maximum atomic E-state index is 13.6. The summed E-state index contributed by atoms with van der Waals surface area (Å²) in [5, 5.41) is 2.51. The van der Waals surface area contributed by atoms with E-state index >= 15 is 0 Å². The van der Waals surface area contributed by atoms with Crippen LogP contribution < -0.4 is 10.2 Å². The van der Waals surface area contributed by atoms with E-state index in [1.54, 1.807) is 23.1 Å². The van der Waals surface area contributed by atoms with Gasteiger partial charge in [-0.3, -0.25) is 9.59 Å². The van der Waals surface area contributed by atoms with Crippen molar-refractivity contribution in [2.75, 3.05) is 31.1 Å². The van der Waals surface area contributed by atoms with Crippen LogP contribution in [-0.2, 0) is 16.1 Å². The van der Waals surface area contributed by atoms with Gasteiger partial charge in [0, 0.05) is 44.0 Å². The Balaban J connectivity index is 1.54. The quantitative estimate of drug-likeness (QED) is 0.846. The second-order valence-corrected chi connectivity index (χ2v) is 6.77. The first kappa shape index (κ1) is 18.9. The van der Waals surface area contributed by atoms with Crippen molar-refractivity contribution < 1.29 is 14.0 Å². The first-order valence-corrected chi connectivity index (χ1v) is 9.09. The largest absolute Gasteiger partial charge is 0.368 e. The lowest BCUT2D eigenvalue weighted by molar-refractivity contribution is -0.146. The Bertz CT molecular complexity index is 845. The molecule has 0 atom stereocenters. The van der Waals surface area contributed by atoms with Gasteiger partial charge < -0.3 is 15.1 Å². The molecule has 1 aliphatic heterocycles. The molecule has 2 aromatic carbocycles. The van der Waals surface area contributed by atoms with Gasteiger partial charge in [0.15, 0.2) is 0 Å². The topological polar surface area (TPSA) is 52.7 Å². The van der Waals surface area contributed by atoms with Crippen LogP contribution in [0.1, 0.15) is 16.7 Å². The van der Waals surface area contributed by atoms with Crippen molar-refractivity contribution in [3.63, 3.8) is 0 Å². The van der Waals surface area contributed by atoms with E-state index in [1.807, 2.05) is 6.07 Å². The predicted molar refractivity (Wildman–Crippen MR) is 103 cm³/mol. The number of anilines is 1. The van der Waals surface area contributed by atoms with Crippen LogP contribution in [0.2, 0.25) is 0 Å². The van der Waals surface area contributed by atoms with Gasteiger partial charge in [-0.2, -0.15) is 0 Å². The Morgan fingerprint density at radius 2 is 1.70 bits per heavy atom. The number of amides is 2. The Morgan fingerprint density at radius 1 is 1.00 bits per heavy atom. The molecule has 0 bridgehead atoms. The monoisotopic (exact) mass is 369 g/mol. The van der Waals surface area contributed by atoms with Gasteiger partial charge in [0.25, 0.3) is 0 Å². The number of hydrogen-bond acceptors (Lipinski definition) is 3. The first-order chi connectivity index (χ1) is 13.0. The fraction of sp³-hybridized carbons (Fsp3) is 0.333. The molecule has 0 aliphatic carbocycles. The van der Waals surface area contributed by atoms with E-state index in [0.717, 1.165) is 0 Å². The van der Waals surface area contributed by atoms with Crippen molar-refractivity contribution in [3.8, 4) is 0 Å². The van der Waals surface area contributed by atoms with Gasteiger partial charge in [0.2, 0.25) is 0 Å².